The van der Waals surface area contributed by atoms with Crippen molar-refractivity contribution in [3.05, 3.63) is 86.0 Å². The first-order valence-electron chi connectivity index (χ1n) is 31.1. The maximum absolute atomic E-state index is 12.7. The van der Waals surface area contributed by atoms with Crippen LogP contribution in [0.1, 0.15) is 307 Å². The number of nitrogens with zero attached hydrogens (tertiary/aromatic N) is 4. The summed E-state index contributed by atoms with van der Waals surface area (Å²) in [4.78, 5) is 0. The SMILES string of the molecule is CCCCCCC1=C(c2cc(CCCCCC)c(CCCCCC)c(CCCCCC)c2)[N+](=[N-])C(c2cc(CCCCCC)c(CCCCCC)c(CCCCCC)c2)=C1.CC[N](CC)[Ni][N](CC)CC. The molecule has 4 nitrogen and oxygen atoms in total. The van der Waals surface area contributed by atoms with Crippen LogP contribution in [0.15, 0.2) is 35.9 Å². The molecular weight excluding hydrogens is 907 g/mol. The van der Waals surface area contributed by atoms with E-state index >= 15 is 0 Å². The average Bonchev–Trinajstić information content (AvgIpc) is 3.72. The molecule has 71 heavy (non-hydrogen) atoms. The summed E-state index contributed by atoms with van der Waals surface area (Å²) in [5.74, 6) is 0. The standard InChI is InChI=1S/C58H96N2.2C4H10N.Ni/c1-8-15-22-29-36-48-43-53(44-49(37-30-23-16-9-2)55(48)41-34-27-20-13-6)57-47-52(40-33-26-19-12-5)58(60(57)59)54-45-50(38-31-24-17-10-3)56(42-35-28-21-14-7)51(46-54)39-32-25-18-11-4;2*1-3-5-4-2;/h43-47H,8-42H2,1-7H3;2*3-4H2,1-2H3;/q;2*-1;+2. The van der Waals surface area contributed by atoms with Crippen molar-refractivity contribution < 1.29 is 19.6 Å². The van der Waals surface area contributed by atoms with Gasteiger partial charge in [0.05, 0.1) is 0 Å². The monoisotopic (exact) mass is 1020 g/mol. The van der Waals surface area contributed by atoms with Gasteiger partial charge in [0.2, 0.25) is 11.4 Å². The first-order chi connectivity index (χ1) is 34.7. The van der Waals surface area contributed by atoms with Crippen molar-refractivity contribution in [3.63, 3.8) is 0 Å². The zero-order valence-electron chi connectivity index (χ0n) is 49.1. The van der Waals surface area contributed by atoms with Crippen LogP contribution in [0.4, 0.5) is 0 Å². The molecule has 0 N–H and O–H groups in total. The van der Waals surface area contributed by atoms with Crippen LogP contribution in [0, 0.1) is 0 Å². The molecule has 1 aliphatic heterocycles. The normalized spacial score (nSPS) is 12.8. The Balaban J connectivity index is 0.00000139. The fourth-order valence-corrected chi connectivity index (χ4v) is 11.5. The Bertz CT molecular complexity index is 1650. The molecule has 0 unspecified atom stereocenters. The fourth-order valence-electron chi connectivity index (χ4n) is 10.6. The Kier molecular flexibility index (Phi) is 38.7. The van der Waals surface area contributed by atoms with Gasteiger partial charge in [-0.2, -0.15) is 0 Å². The average molecular weight is 1020 g/mol. The zero-order valence-corrected chi connectivity index (χ0v) is 50.1. The van der Waals surface area contributed by atoms with Crippen molar-refractivity contribution in [2.75, 3.05) is 26.2 Å². The fraction of sp³-hybridized carbons (Fsp3) is 0.758. The summed E-state index contributed by atoms with van der Waals surface area (Å²) >= 11 is 1.67. The van der Waals surface area contributed by atoms with Crippen molar-refractivity contribution in [3.8, 4) is 0 Å². The van der Waals surface area contributed by atoms with Gasteiger partial charge in [-0.25, -0.2) is 4.70 Å². The number of allylic oxidation sites excluding steroid dienone is 2. The molecule has 0 saturated heterocycles. The first-order valence-corrected chi connectivity index (χ1v) is 32.0. The van der Waals surface area contributed by atoms with Crippen LogP contribution in [-0.4, -0.2) is 38.8 Å². The van der Waals surface area contributed by atoms with E-state index in [1.165, 1.54) is 209 Å². The molecule has 3 rings (SSSR count). The first kappa shape index (κ1) is 65.0. The molecular formula is C66H116N4Ni. The summed E-state index contributed by atoms with van der Waals surface area (Å²) in [5, 5.41) is 0. The predicted octanol–water partition coefficient (Wildman–Crippen LogP) is 20.8. The minimum absolute atomic E-state index is 1.01. The third kappa shape index (κ3) is 25.4. The molecule has 0 spiro atoms. The van der Waals surface area contributed by atoms with Crippen molar-refractivity contribution in [2.24, 2.45) is 0 Å². The van der Waals surface area contributed by atoms with E-state index in [1.807, 2.05) is 0 Å². The van der Waals surface area contributed by atoms with E-state index in [9.17, 15) is 5.53 Å². The van der Waals surface area contributed by atoms with E-state index in [1.54, 1.807) is 52.9 Å². The molecule has 410 valence electrons. The predicted molar refractivity (Wildman–Crippen MR) is 313 cm³/mol. The Morgan fingerprint density at radius 2 is 0.634 bits per heavy atom. The Hall–Kier alpha value is -2.07. The second kappa shape index (κ2) is 42.2. The topological polar surface area (TPSA) is 31.8 Å². The zero-order chi connectivity index (χ0) is 51.9. The van der Waals surface area contributed by atoms with E-state index in [2.05, 4.69) is 114 Å². The maximum atomic E-state index is 12.7. The molecule has 0 amide bonds. The van der Waals surface area contributed by atoms with Crippen LogP contribution < -0.4 is 0 Å². The molecule has 1 aliphatic rings. The third-order valence-electron chi connectivity index (χ3n) is 15.0. The van der Waals surface area contributed by atoms with Crippen LogP contribution in [0.5, 0.6) is 0 Å². The number of rotatable bonds is 43. The van der Waals surface area contributed by atoms with Crippen molar-refractivity contribution >= 4 is 11.4 Å². The van der Waals surface area contributed by atoms with Crippen molar-refractivity contribution in [1.82, 2.24) is 7.96 Å². The summed E-state index contributed by atoms with van der Waals surface area (Å²) in [6.45, 7) is 29.6. The molecule has 0 bridgehead atoms. The van der Waals surface area contributed by atoms with Crippen LogP contribution in [0.3, 0.4) is 0 Å². The van der Waals surface area contributed by atoms with E-state index in [4.69, 9.17) is 0 Å². The van der Waals surface area contributed by atoms with Gasteiger partial charge in [0, 0.05) is 22.8 Å². The van der Waals surface area contributed by atoms with E-state index in [0.29, 0.717) is 0 Å². The van der Waals surface area contributed by atoms with E-state index in [-0.39, 0.29) is 0 Å². The van der Waals surface area contributed by atoms with E-state index < -0.39 is 0 Å². The number of benzene rings is 2. The summed E-state index contributed by atoms with van der Waals surface area (Å²) in [6.07, 6.45) is 46.5. The second-order valence-electron chi connectivity index (χ2n) is 21.1. The van der Waals surface area contributed by atoms with Crippen LogP contribution >= 0.6 is 0 Å². The van der Waals surface area contributed by atoms with Crippen molar-refractivity contribution in [1.29, 1.82) is 0 Å². The molecule has 5 heteroatoms. The third-order valence-corrected chi connectivity index (χ3v) is 16.8. The van der Waals surface area contributed by atoms with Gasteiger partial charge in [-0.1, -0.05) is 183 Å². The van der Waals surface area contributed by atoms with E-state index in [0.717, 1.165) is 69.7 Å². The van der Waals surface area contributed by atoms with Gasteiger partial charge in [-0.15, -0.1) is 0 Å². The summed E-state index contributed by atoms with van der Waals surface area (Å²) in [6, 6.07) is 10.2. The van der Waals surface area contributed by atoms with Gasteiger partial charge < -0.3 is 5.53 Å². The number of hydrogen-bond acceptors (Lipinski definition) is 2. The molecule has 0 fully saturated rings. The summed E-state index contributed by atoms with van der Waals surface area (Å²) in [7, 11) is 0. The molecule has 0 radical (unpaired) electrons. The van der Waals surface area contributed by atoms with Gasteiger partial charge >= 0.3 is 76.7 Å². The van der Waals surface area contributed by atoms with Gasteiger partial charge in [-0.05, 0) is 148 Å². The second-order valence-corrected chi connectivity index (χ2v) is 22.6. The Labute approximate surface area is 449 Å². The Morgan fingerprint density at radius 3 is 0.930 bits per heavy atom. The van der Waals surface area contributed by atoms with Crippen molar-refractivity contribution in [2.45, 2.75) is 301 Å². The molecule has 0 aliphatic carbocycles. The van der Waals surface area contributed by atoms with Crippen LogP contribution in [-0.2, 0) is 53.4 Å². The van der Waals surface area contributed by atoms with Gasteiger partial charge in [0.1, 0.15) is 0 Å². The van der Waals surface area contributed by atoms with Gasteiger partial charge in [0.25, 0.3) is 0 Å². The Morgan fingerprint density at radius 1 is 0.352 bits per heavy atom. The van der Waals surface area contributed by atoms with Gasteiger partial charge in [0.15, 0.2) is 0 Å². The van der Waals surface area contributed by atoms with Crippen LogP contribution in [0.2, 0.25) is 0 Å². The summed E-state index contributed by atoms with van der Waals surface area (Å²) < 4.78 is 6.42. The number of hydrogen-bond donors (Lipinski definition) is 0. The minimum atomic E-state index is 1.01. The molecule has 0 aromatic heterocycles. The molecule has 2 aromatic rings. The molecule has 1 heterocycles. The molecule has 0 saturated carbocycles. The quantitative estimate of drug-likeness (QED) is 0.0377. The summed E-state index contributed by atoms with van der Waals surface area (Å²) in [5.41, 5.74) is 28.2. The number of unbranched alkanes of at least 4 members (excludes halogenated alkanes) is 21. The molecule has 0 atom stereocenters. The molecule has 2 aromatic carbocycles. The van der Waals surface area contributed by atoms with Gasteiger partial charge in [-0.3, -0.25) is 0 Å². The van der Waals surface area contributed by atoms with Crippen LogP contribution in [0.25, 0.3) is 16.9 Å². The number of aryl methyl sites for hydroxylation is 4.